The fraction of sp³-hybridized carbons (Fsp3) is 0.519. The van der Waals surface area contributed by atoms with E-state index in [1.165, 1.54) is 54.5 Å². The maximum absolute atomic E-state index is 13.0. The van der Waals surface area contributed by atoms with Gasteiger partial charge in [0.15, 0.2) is 0 Å². The number of carbonyl (C=O) groups excluding carboxylic acids is 1. The number of amides is 1. The van der Waals surface area contributed by atoms with Crippen molar-refractivity contribution in [3.8, 4) is 0 Å². The lowest BCUT2D eigenvalue weighted by atomic mass is 9.98. The minimum atomic E-state index is -3.60. The van der Waals surface area contributed by atoms with Crippen LogP contribution in [0.1, 0.15) is 53.8 Å². The topological polar surface area (TPSA) is 94.7 Å². The molecule has 1 saturated heterocycles. The number of aromatic amines is 1. The van der Waals surface area contributed by atoms with Gasteiger partial charge in [0.2, 0.25) is 10.0 Å². The van der Waals surface area contributed by atoms with Crippen molar-refractivity contribution in [2.75, 3.05) is 52.3 Å². The van der Waals surface area contributed by atoms with Crippen molar-refractivity contribution in [3.63, 3.8) is 0 Å². The maximum Gasteiger partial charge on any atom is 0.256 e. The van der Waals surface area contributed by atoms with Crippen LogP contribution >= 0.6 is 0 Å². The van der Waals surface area contributed by atoms with E-state index in [0.717, 1.165) is 64.2 Å². The van der Waals surface area contributed by atoms with Crippen LogP contribution in [-0.2, 0) is 38.8 Å². The smallest absolute Gasteiger partial charge is 0.256 e. The summed E-state index contributed by atoms with van der Waals surface area (Å²) in [5.41, 5.74) is 6.80. The SMILES string of the molecule is CN(C)S(=O)(=O)c1ccc2c(c1)C(=Cc1[nH]c3c(c1CCCN1CCOCC1)CCCCC3)C(=O)N2. The van der Waals surface area contributed by atoms with E-state index in [4.69, 9.17) is 4.74 Å². The summed E-state index contributed by atoms with van der Waals surface area (Å²) in [4.78, 5) is 19.3. The van der Waals surface area contributed by atoms with Gasteiger partial charge < -0.3 is 15.0 Å². The second-order valence-electron chi connectivity index (χ2n) is 10.1. The summed E-state index contributed by atoms with van der Waals surface area (Å²) in [5.74, 6) is -0.200. The summed E-state index contributed by atoms with van der Waals surface area (Å²) < 4.78 is 32.1. The van der Waals surface area contributed by atoms with E-state index in [9.17, 15) is 13.2 Å². The van der Waals surface area contributed by atoms with E-state index in [-0.39, 0.29) is 10.8 Å². The second-order valence-corrected chi connectivity index (χ2v) is 12.3. The molecule has 3 heterocycles. The van der Waals surface area contributed by atoms with Crippen LogP contribution in [0.2, 0.25) is 0 Å². The minimum absolute atomic E-state index is 0.182. The molecule has 2 N–H and O–H groups in total. The van der Waals surface area contributed by atoms with Crippen LogP contribution in [0.25, 0.3) is 11.6 Å². The van der Waals surface area contributed by atoms with Crippen LogP contribution in [0, 0.1) is 0 Å². The van der Waals surface area contributed by atoms with Crippen LogP contribution in [0.4, 0.5) is 5.69 Å². The Hall–Kier alpha value is -2.46. The molecule has 1 aromatic heterocycles. The second kappa shape index (κ2) is 10.5. The Bertz CT molecular complexity index is 1270. The highest BCUT2D eigenvalue weighted by atomic mass is 32.2. The first-order valence-electron chi connectivity index (χ1n) is 13.0. The molecule has 0 spiro atoms. The highest BCUT2D eigenvalue weighted by Crippen LogP contribution is 2.37. The van der Waals surface area contributed by atoms with Gasteiger partial charge in [0.05, 0.1) is 23.7 Å². The van der Waals surface area contributed by atoms with Crippen LogP contribution in [0.3, 0.4) is 0 Å². The number of fused-ring (bicyclic) bond motifs is 2. The zero-order valence-electron chi connectivity index (χ0n) is 21.2. The average molecular weight is 513 g/mol. The molecule has 5 rings (SSSR count). The van der Waals surface area contributed by atoms with Gasteiger partial charge >= 0.3 is 0 Å². The number of rotatable bonds is 7. The van der Waals surface area contributed by atoms with Crippen LogP contribution < -0.4 is 5.32 Å². The largest absolute Gasteiger partial charge is 0.379 e. The number of ether oxygens (including phenoxy) is 1. The molecular weight excluding hydrogens is 476 g/mol. The minimum Gasteiger partial charge on any atom is -0.379 e. The third-order valence-electron chi connectivity index (χ3n) is 7.54. The Labute approximate surface area is 213 Å². The number of hydrogen-bond acceptors (Lipinski definition) is 5. The van der Waals surface area contributed by atoms with Crippen LogP contribution in [0.15, 0.2) is 23.1 Å². The van der Waals surface area contributed by atoms with Gasteiger partial charge in [0, 0.05) is 49.8 Å². The van der Waals surface area contributed by atoms with Crippen LogP contribution in [-0.4, -0.2) is 75.5 Å². The Morgan fingerprint density at radius 3 is 2.67 bits per heavy atom. The van der Waals surface area contributed by atoms with Gasteiger partial charge in [-0.1, -0.05) is 6.42 Å². The molecule has 0 unspecified atom stereocenters. The quantitative estimate of drug-likeness (QED) is 0.439. The fourth-order valence-corrected chi connectivity index (χ4v) is 6.42. The summed E-state index contributed by atoms with van der Waals surface area (Å²) >= 11 is 0. The monoisotopic (exact) mass is 512 g/mol. The fourth-order valence-electron chi connectivity index (χ4n) is 5.49. The van der Waals surface area contributed by atoms with Gasteiger partial charge in [-0.25, -0.2) is 12.7 Å². The van der Waals surface area contributed by atoms with E-state index >= 15 is 0 Å². The lowest BCUT2D eigenvalue weighted by Gasteiger charge is -2.26. The van der Waals surface area contributed by atoms with Crippen molar-refractivity contribution in [2.45, 2.75) is 49.8 Å². The van der Waals surface area contributed by atoms with Crippen molar-refractivity contribution in [1.82, 2.24) is 14.2 Å². The van der Waals surface area contributed by atoms with Gasteiger partial charge in [0.25, 0.3) is 5.91 Å². The third kappa shape index (κ3) is 5.02. The van der Waals surface area contributed by atoms with E-state index < -0.39 is 10.0 Å². The molecular formula is C27H36N4O4S. The van der Waals surface area contributed by atoms with Gasteiger partial charge in [-0.05, 0) is 80.5 Å². The van der Waals surface area contributed by atoms with Crippen molar-refractivity contribution < 1.29 is 17.9 Å². The molecule has 3 aliphatic rings. The first-order valence-corrected chi connectivity index (χ1v) is 14.4. The van der Waals surface area contributed by atoms with Crippen molar-refractivity contribution in [3.05, 3.63) is 46.3 Å². The normalized spacial score (nSPS) is 19.9. The van der Waals surface area contributed by atoms with Gasteiger partial charge in [-0.15, -0.1) is 0 Å². The molecule has 9 heteroatoms. The Morgan fingerprint density at radius 2 is 1.89 bits per heavy atom. The molecule has 2 aliphatic heterocycles. The number of hydrogen-bond donors (Lipinski definition) is 2. The Balaban J connectivity index is 1.48. The number of anilines is 1. The zero-order valence-corrected chi connectivity index (χ0v) is 22.0. The molecule has 1 aliphatic carbocycles. The zero-order chi connectivity index (χ0) is 25.3. The third-order valence-corrected chi connectivity index (χ3v) is 9.35. The van der Waals surface area contributed by atoms with Gasteiger partial charge in [0.1, 0.15) is 0 Å². The number of carbonyl (C=O) groups is 1. The number of sulfonamides is 1. The Kier molecular flexibility index (Phi) is 7.35. The molecule has 1 amide bonds. The number of nitrogens with one attached hydrogen (secondary N) is 2. The number of nitrogens with zero attached hydrogens (tertiary/aromatic N) is 2. The molecule has 0 bridgehead atoms. The molecule has 1 fully saturated rings. The standard InChI is InChI=1S/C27H36N4O4S/c1-30(2)36(33,34)19-10-11-25-22(17-19)23(27(32)29-25)18-26-21(8-6-12-31-13-15-35-16-14-31)20-7-4-3-5-9-24(20)28-26/h10-11,17-18,28H,3-9,12-16H2,1-2H3,(H,29,32). The van der Waals surface area contributed by atoms with Crippen molar-refractivity contribution in [2.24, 2.45) is 0 Å². The highest BCUT2D eigenvalue weighted by Gasteiger charge is 2.28. The molecule has 194 valence electrons. The molecule has 0 saturated carbocycles. The summed E-state index contributed by atoms with van der Waals surface area (Å²) in [7, 11) is -0.580. The molecule has 0 radical (unpaired) electrons. The molecule has 1 aromatic carbocycles. The summed E-state index contributed by atoms with van der Waals surface area (Å²) in [6.07, 6.45) is 9.63. The summed E-state index contributed by atoms with van der Waals surface area (Å²) in [5, 5.41) is 2.90. The van der Waals surface area contributed by atoms with Gasteiger partial charge in [-0.3, -0.25) is 9.69 Å². The van der Waals surface area contributed by atoms with E-state index in [0.29, 0.717) is 16.8 Å². The van der Waals surface area contributed by atoms with Crippen molar-refractivity contribution >= 4 is 33.3 Å². The first kappa shape index (κ1) is 25.2. The highest BCUT2D eigenvalue weighted by molar-refractivity contribution is 7.89. The predicted molar refractivity (Wildman–Crippen MR) is 141 cm³/mol. The summed E-state index contributed by atoms with van der Waals surface area (Å²) in [6, 6.07) is 4.84. The molecule has 36 heavy (non-hydrogen) atoms. The first-order chi connectivity index (χ1) is 17.3. The number of H-pyrrole nitrogens is 1. The number of aryl methyl sites for hydroxylation is 1. The molecule has 0 atom stereocenters. The lowest BCUT2D eigenvalue weighted by Crippen LogP contribution is -2.37. The van der Waals surface area contributed by atoms with E-state index in [2.05, 4.69) is 15.2 Å². The van der Waals surface area contributed by atoms with Crippen molar-refractivity contribution in [1.29, 1.82) is 0 Å². The Morgan fingerprint density at radius 1 is 1.11 bits per heavy atom. The van der Waals surface area contributed by atoms with E-state index in [1.807, 2.05) is 6.08 Å². The average Bonchev–Trinajstić information content (AvgIpc) is 3.24. The molecule has 8 nitrogen and oxygen atoms in total. The predicted octanol–water partition coefficient (Wildman–Crippen LogP) is 3.29. The lowest BCUT2D eigenvalue weighted by molar-refractivity contribution is -0.110. The van der Waals surface area contributed by atoms with Crippen LogP contribution in [0.5, 0.6) is 0 Å². The maximum atomic E-state index is 13.0. The summed E-state index contributed by atoms with van der Waals surface area (Å²) in [6.45, 7) is 4.61. The van der Waals surface area contributed by atoms with Gasteiger partial charge in [-0.2, -0.15) is 0 Å². The number of morpholine rings is 1. The molecule has 2 aromatic rings. The van der Waals surface area contributed by atoms with E-state index in [1.54, 1.807) is 18.2 Å². The number of aromatic nitrogens is 1. The number of benzene rings is 1.